The highest BCUT2D eigenvalue weighted by Gasteiger charge is 2.02. The minimum Gasteiger partial charge on any atom is -0.508 e. The van der Waals surface area contributed by atoms with Gasteiger partial charge in [-0.1, -0.05) is 0 Å². The maximum Gasteiger partial charge on any atom is 0.216 e. The van der Waals surface area contributed by atoms with E-state index < -0.39 is 0 Å². The van der Waals surface area contributed by atoms with E-state index in [9.17, 15) is 9.90 Å². The normalized spacial score (nSPS) is 10.3. The fourth-order valence-corrected chi connectivity index (χ4v) is 1.77. The number of phenolic OH excluding ortho intramolecular Hbond substituents is 1. The molecule has 0 aliphatic carbocycles. The maximum absolute atomic E-state index is 10.7. The number of benzene rings is 1. The van der Waals surface area contributed by atoms with Crippen LogP contribution in [-0.2, 0) is 11.2 Å². The zero-order chi connectivity index (χ0) is 13.0. The first-order valence-corrected chi connectivity index (χ1v) is 5.86. The van der Waals surface area contributed by atoms with Gasteiger partial charge in [-0.2, -0.15) is 0 Å². The van der Waals surface area contributed by atoms with Crippen LogP contribution in [0.25, 0.3) is 11.3 Å². The van der Waals surface area contributed by atoms with Gasteiger partial charge in [0.25, 0.3) is 0 Å². The van der Waals surface area contributed by atoms with Crippen LogP contribution >= 0.6 is 0 Å². The van der Waals surface area contributed by atoms with Crippen molar-refractivity contribution in [3.63, 3.8) is 0 Å². The predicted molar refractivity (Wildman–Crippen MR) is 70.3 cm³/mol. The van der Waals surface area contributed by atoms with Crippen LogP contribution in [-0.4, -0.2) is 22.5 Å². The van der Waals surface area contributed by atoms with Crippen LogP contribution in [0.3, 0.4) is 0 Å². The Kier molecular flexibility index (Phi) is 3.67. The van der Waals surface area contributed by atoms with E-state index in [0.29, 0.717) is 6.54 Å². The minimum atomic E-state index is -0.00991. The zero-order valence-electron chi connectivity index (χ0n) is 10.2. The van der Waals surface area contributed by atoms with Crippen molar-refractivity contribution in [3.05, 3.63) is 42.1 Å². The Morgan fingerprint density at radius 2 is 2.06 bits per heavy atom. The molecule has 18 heavy (non-hydrogen) atoms. The van der Waals surface area contributed by atoms with Gasteiger partial charge in [-0.3, -0.25) is 4.79 Å². The molecule has 1 aromatic heterocycles. The van der Waals surface area contributed by atoms with Crippen molar-refractivity contribution in [1.29, 1.82) is 0 Å². The number of H-pyrrole nitrogens is 1. The number of nitrogens with one attached hydrogen (secondary N) is 2. The van der Waals surface area contributed by atoms with Crippen molar-refractivity contribution in [2.24, 2.45) is 0 Å². The lowest BCUT2D eigenvalue weighted by molar-refractivity contribution is -0.118. The summed E-state index contributed by atoms with van der Waals surface area (Å²) >= 11 is 0. The fraction of sp³-hybridized carbons (Fsp3) is 0.214. The quantitative estimate of drug-likeness (QED) is 0.770. The van der Waals surface area contributed by atoms with E-state index in [4.69, 9.17) is 0 Å². The standard InChI is InChI=1S/C14H16N2O2/c1-10(17)15-7-6-11-8-14(16-9-11)12-2-4-13(18)5-3-12/h2-5,8-9,16,18H,6-7H2,1H3,(H,15,17). The largest absolute Gasteiger partial charge is 0.508 e. The van der Waals surface area contributed by atoms with Crippen LogP contribution in [0, 0.1) is 0 Å². The molecule has 94 valence electrons. The van der Waals surface area contributed by atoms with Gasteiger partial charge in [0.1, 0.15) is 5.75 Å². The highest BCUT2D eigenvalue weighted by atomic mass is 16.3. The zero-order valence-corrected chi connectivity index (χ0v) is 10.2. The smallest absolute Gasteiger partial charge is 0.216 e. The molecule has 2 rings (SSSR count). The predicted octanol–water partition coefficient (Wildman–Crippen LogP) is 2.07. The number of hydrogen-bond donors (Lipinski definition) is 3. The van der Waals surface area contributed by atoms with E-state index in [2.05, 4.69) is 10.3 Å². The molecule has 0 unspecified atom stereocenters. The number of carbonyl (C=O) groups is 1. The summed E-state index contributed by atoms with van der Waals surface area (Å²) in [6, 6.07) is 9.09. The number of aromatic hydroxyl groups is 1. The monoisotopic (exact) mass is 244 g/mol. The molecule has 3 N–H and O–H groups in total. The lowest BCUT2D eigenvalue weighted by atomic mass is 10.1. The fourth-order valence-electron chi connectivity index (χ4n) is 1.77. The third kappa shape index (κ3) is 3.13. The van der Waals surface area contributed by atoms with Crippen LogP contribution in [0.15, 0.2) is 36.5 Å². The Morgan fingerprint density at radius 3 is 2.72 bits per heavy atom. The summed E-state index contributed by atoms with van der Waals surface area (Å²) in [5.41, 5.74) is 3.18. The number of amides is 1. The third-order valence-corrected chi connectivity index (χ3v) is 2.71. The minimum absolute atomic E-state index is 0.00991. The molecule has 1 amide bonds. The molecule has 4 heteroatoms. The Hall–Kier alpha value is -2.23. The summed E-state index contributed by atoms with van der Waals surface area (Å²) < 4.78 is 0. The second kappa shape index (κ2) is 5.40. The molecule has 0 bridgehead atoms. The lowest BCUT2D eigenvalue weighted by Gasteiger charge is -1.99. The van der Waals surface area contributed by atoms with Crippen LogP contribution < -0.4 is 5.32 Å². The van der Waals surface area contributed by atoms with Crippen molar-refractivity contribution < 1.29 is 9.90 Å². The van der Waals surface area contributed by atoms with Crippen molar-refractivity contribution >= 4 is 5.91 Å². The van der Waals surface area contributed by atoms with Crippen molar-refractivity contribution in [1.82, 2.24) is 10.3 Å². The van der Waals surface area contributed by atoms with Crippen LogP contribution in [0.2, 0.25) is 0 Å². The SMILES string of the molecule is CC(=O)NCCc1c[nH]c(-c2ccc(O)cc2)c1. The number of carbonyl (C=O) groups excluding carboxylic acids is 1. The first-order valence-electron chi connectivity index (χ1n) is 5.86. The Balaban J connectivity index is 2.01. The molecular formula is C14H16N2O2. The van der Waals surface area contributed by atoms with Crippen molar-refractivity contribution in [3.8, 4) is 17.0 Å². The van der Waals surface area contributed by atoms with Gasteiger partial charge in [-0.05, 0) is 47.9 Å². The van der Waals surface area contributed by atoms with Crippen molar-refractivity contribution in [2.75, 3.05) is 6.54 Å². The first kappa shape index (κ1) is 12.2. The van der Waals surface area contributed by atoms with Gasteiger partial charge in [0.15, 0.2) is 0 Å². The molecule has 0 atom stereocenters. The van der Waals surface area contributed by atoms with Crippen LogP contribution in [0.1, 0.15) is 12.5 Å². The molecule has 0 aliphatic heterocycles. The van der Waals surface area contributed by atoms with E-state index in [1.54, 1.807) is 12.1 Å². The van der Waals surface area contributed by atoms with Gasteiger partial charge < -0.3 is 15.4 Å². The highest BCUT2D eigenvalue weighted by molar-refractivity contribution is 5.72. The molecule has 0 saturated carbocycles. The molecule has 0 radical (unpaired) electrons. The first-order chi connectivity index (χ1) is 8.65. The van der Waals surface area contributed by atoms with E-state index in [1.165, 1.54) is 6.92 Å². The summed E-state index contributed by atoms with van der Waals surface area (Å²) in [5.74, 6) is 0.250. The van der Waals surface area contributed by atoms with Gasteiger partial charge >= 0.3 is 0 Å². The third-order valence-electron chi connectivity index (χ3n) is 2.71. The molecule has 1 heterocycles. The average Bonchev–Trinajstić information content (AvgIpc) is 2.78. The van der Waals surface area contributed by atoms with Crippen LogP contribution in [0.4, 0.5) is 0 Å². The number of rotatable bonds is 4. The van der Waals surface area contributed by atoms with Crippen molar-refractivity contribution in [2.45, 2.75) is 13.3 Å². The van der Waals surface area contributed by atoms with Crippen LogP contribution in [0.5, 0.6) is 5.75 Å². The Morgan fingerprint density at radius 1 is 1.33 bits per heavy atom. The molecule has 2 aromatic rings. The lowest BCUT2D eigenvalue weighted by Crippen LogP contribution is -2.22. The number of phenols is 1. The molecule has 0 fully saturated rings. The highest BCUT2D eigenvalue weighted by Crippen LogP contribution is 2.21. The van der Waals surface area contributed by atoms with Gasteiger partial charge in [-0.15, -0.1) is 0 Å². The average molecular weight is 244 g/mol. The molecule has 0 spiro atoms. The van der Waals surface area contributed by atoms with Gasteiger partial charge in [0, 0.05) is 25.4 Å². The second-order valence-corrected chi connectivity index (χ2v) is 4.20. The Labute approximate surface area is 106 Å². The molecule has 4 nitrogen and oxygen atoms in total. The van der Waals surface area contributed by atoms with E-state index in [-0.39, 0.29) is 11.7 Å². The van der Waals surface area contributed by atoms with E-state index in [0.717, 1.165) is 23.2 Å². The number of aromatic amines is 1. The summed E-state index contributed by atoms with van der Waals surface area (Å²) in [4.78, 5) is 13.9. The summed E-state index contributed by atoms with van der Waals surface area (Å²) in [5, 5.41) is 12.0. The van der Waals surface area contributed by atoms with E-state index in [1.807, 2.05) is 24.4 Å². The number of aromatic nitrogens is 1. The topological polar surface area (TPSA) is 65.1 Å². The molecule has 1 aromatic carbocycles. The van der Waals surface area contributed by atoms with Gasteiger partial charge in [0.05, 0.1) is 0 Å². The molecule has 0 saturated heterocycles. The van der Waals surface area contributed by atoms with E-state index >= 15 is 0 Å². The van der Waals surface area contributed by atoms with Gasteiger partial charge in [0.2, 0.25) is 5.91 Å². The molecule has 0 aliphatic rings. The number of hydrogen-bond acceptors (Lipinski definition) is 2. The maximum atomic E-state index is 10.7. The summed E-state index contributed by atoms with van der Waals surface area (Å²) in [6.45, 7) is 2.15. The summed E-state index contributed by atoms with van der Waals surface area (Å²) in [7, 11) is 0. The second-order valence-electron chi connectivity index (χ2n) is 4.20. The molecular weight excluding hydrogens is 228 g/mol. The Bertz CT molecular complexity index is 529. The summed E-state index contributed by atoms with van der Waals surface area (Å²) in [6.07, 6.45) is 2.73. The van der Waals surface area contributed by atoms with Gasteiger partial charge in [-0.25, -0.2) is 0 Å².